The molecule has 2 heterocycles. The highest BCUT2D eigenvalue weighted by Gasteiger charge is 2.38. The SMILES string of the molecule is O=C(NC1CCCCC1)c1ccc2nc(N3C(=O)c4ccccc4C3=O)sc2c1. The van der Waals surface area contributed by atoms with E-state index in [0.717, 1.165) is 35.3 Å². The van der Waals surface area contributed by atoms with Gasteiger partial charge in [-0.1, -0.05) is 42.7 Å². The fourth-order valence-corrected chi connectivity index (χ4v) is 5.03. The number of anilines is 1. The van der Waals surface area contributed by atoms with Crippen LogP contribution < -0.4 is 10.2 Å². The van der Waals surface area contributed by atoms with Crippen molar-refractivity contribution in [3.05, 3.63) is 59.2 Å². The van der Waals surface area contributed by atoms with E-state index in [2.05, 4.69) is 10.3 Å². The van der Waals surface area contributed by atoms with E-state index in [1.165, 1.54) is 17.8 Å². The van der Waals surface area contributed by atoms with Gasteiger partial charge < -0.3 is 5.32 Å². The van der Waals surface area contributed by atoms with Crippen molar-refractivity contribution in [2.75, 3.05) is 4.90 Å². The molecule has 0 spiro atoms. The molecule has 0 atom stereocenters. The summed E-state index contributed by atoms with van der Waals surface area (Å²) in [5, 5.41) is 3.44. The zero-order valence-electron chi connectivity index (χ0n) is 15.7. The first-order valence-electron chi connectivity index (χ1n) is 9.81. The van der Waals surface area contributed by atoms with E-state index in [9.17, 15) is 14.4 Å². The van der Waals surface area contributed by atoms with E-state index in [-0.39, 0.29) is 23.8 Å². The lowest BCUT2D eigenvalue weighted by molar-refractivity contribution is 0.0915. The predicted molar refractivity (Wildman–Crippen MR) is 112 cm³/mol. The monoisotopic (exact) mass is 405 g/mol. The fourth-order valence-electron chi connectivity index (χ4n) is 4.03. The van der Waals surface area contributed by atoms with Gasteiger partial charge in [-0.05, 0) is 43.2 Å². The minimum atomic E-state index is -0.361. The number of nitrogens with one attached hydrogen (secondary N) is 1. The summed E-state index contributed by atoms with van der Waals surface area (Å²) in [7, 11) is 0. The molecule has 0 radical (unpaired) electrons. The second-order valence-corrected chi connectivity index (χ2v) is 8.49. The summed E-state index contributed by atoms with van der Waals surface area (Å²) in [6.07, 6.45) is 5.60. The van der Waals surface area contributed by atoms with Crippen LogP contribution in [0.5, 0.6) is 0 Å². The zero-order valence-corrected chi connectivity index (χ0v) is 16.5. The molecule has 7 heteroatoms. The average molecular weight is 405 g/mol. The lowest BCUT2D eigenvalue weighted by Crippen LogP contribution is -2.36. The van der Waals surface area contributed by atoms with Crippen LogP contribution >= 0.6 is 11.3 Å². The van der Waals surface area contributed by atoms with Gasteiger partial charge in [-0.15, -0.1) is 0 Å². The summed E-state index contributed by atoms with van der Waals surface area (Å²) < 4.78 is 0.771. The van der Waals surface area contributed by atoms with E-state index >= 15 is 0 Å². The van der Waals surface area contributed by atoms with Crippen molar-refractivity contribution in [1.82, 2.24) is 10.3 Å². The van der Waals surface area contributed by atoms with Gasteiger partial charge in [0.15, 0.2) is 0 Å². The van der Waals surface area contributed by atoms with E-state index in [4.69, 9.17) is 0 Å². The Morgan fingerprint density at radius 2 is 1.69 bits per heavy atom. The Hall–Kier alpha value is -3.06. The van der Waals surface area contributed by atoms with E-state index in [1.54, 1.807) is 42.5 Å². The van der Waals surface area contributed by atoms with Crippen molar-refractivity contribution in [2.24, 2.45) is 0 Å². The van der Waals surface area contributed by atoms with Crippen LogP contribution in [0.1, 0.15) is 63.2 Å². The number of carbonyl (C=O) groups is 3. The molecule has 3 amide bonds. The second kappa shape index (κ2) is 7.08. The Bertz CT molecular complexity index is 1110. The van der Waals surface area contributed by atoms with Gasteiger partial charge in [-0.25, -0.2) is 9.88 Å². The van der Waals surface area contributed by atoms with Crippen LogP contribution in [0.2, 0.25) is 0 Å². The maximum Gasteiger partial charge on any atom is 0.268 e. The predicted octanol–water partition coefficient (Wildman–Crippen LogP) is 4.16. The maximum absolute atomic E-state index is 12.7. The number of carbonyl (C=O) groups excluding carboxylic acids is 3. The summed E-state index contributed by atoms with van der Waals surface area (Å²) in [5.41, 5.74) is 2.02. The number of benzene rings is 2. The Labute approximate surface area is 171 Å². The first-order chi connectivity index (χ1) is 14.1. The van der Waals surface area contributed by atoms with Crippen molar-refractivity contribution in [1.29, 1.82) is 0 Å². The normalized spacial score (nSPS) is 17.0. The van der Waals surface area contributed by atoms with Crippen molar-refractivity contribution in [3.8, 4) is 0 Å². The molecule has 0 unspecified atom stereocenters. The zero-order chi connectivity index (χ0) is 20.0. The third kappa shape index (κ3) is 3.11. The standard InChI is InChI=1S/C22H19N3O3S/c26-19(23-14-6-2-1-3-7-14)13-10-11-17-18(12-13)29-22(24-17)25-20(27)15-8-4-5-9-16(15)21(25)28/h4-5,8-12,14H,1-3,6-7H2,(H,23,26). The molecule has 5 rings (SSSR count). The number of hydrogen-bond donors (Lipinski definition) is 1. The Morgan fingerprint density at radius 1 is 1.00 bits per heavy atom. The summed E-state index contributed by atoms with van der Waals surface area (Å²) in [6.45, 7) is 0. The molecular formula is C22H19N3O3S. The number of thiazole rings is 1. The van der Waals surface area contributed by atoms with Gasteiger partial charge in [0.25, 0.3) is 17.7 Å². The second-order valence-electron chi connectivity index (χ2n) is 7.48. The number of amides is 3. The molecule has 1 aliphatic heterocycles. The van der Waals surface area contributed by atoms with Crippen LogP contribution in [0, 0.1) is 0 Å². The average Bonchev–Trinajstić information content (AvgIpc) is 3.27. The molecule has 2 aromatic carbocycles. The third-order valence-corrected chi connectivity index (χ3v) is 6.57. The van der Waals surface area contributed by atoms with Gasteiger partial charge in [-0.3, -0.25) is 14.4 Å². The van der Waals surface area contributed by atoms with Gasteiger partial charge in [0.05, 0.1) is 21.3 Å². The largest absolute Gasteiger partial charge is 0.349 e. The molecule has 3 aromatic rings. The Balaban J connectivity index is 1.42. The van der Waals surface area contributed by atoms with Crippen LogP contribution in [0.4, 0.5) is 5.13 Å². The molecule has 29 heavy (non-hydrogen) atoms. The highest BCUT2D eigenvalue weighted by atomic mass is 32.1. The summed E-state index contributed by atoms with van der Waals surface area (Å²) in [5.74, 6) is -0.811. The van der Waals surface area contributed by atoms with Crippen LogP contribution in [-0.2, 0) is 0 Å². The smallest absolute Gasteiger partial charge is 0.268 e. The highest BCUT2D eigenvalue weighted by molar-refractivity contribution is 7.22. The molecule has 1 aromatic heterocycles. The molecule has 0 bridgehead atoms. The number of imide groups is 1. The molecule has 1 N–H and O–H groups in total. The number of aromatic nitrogens is 1. The summed E-state index contributed by atoms with van der Waals surface area (Å²) in [4.78, 5) is 43.6. The summed E-state index contributed by atoms with van der Waals surface area (Å²) >= 11 is 1.24. The first-order valence-corrected chi connectivity index (χ1v) is 10.6. The first kappa shape index (κ1) is 18.0. The van der Waals surface area contributed by atoms with Gasteiger partial charge in [-0.2, -0.15) is 0 Å². The molecule has 2 aliphatic rings. The molecule has 1 saturated carbocycles. The maximum atomic E-state index is 12.7. The number of nitrogens with zero attached hydrogens (tertiary/aromatic N) is 2. The minimum absolute atomic E-state index is 0.0884. The van der Waals surface area contributed by atoms with Crippen molar-refractivity contribution in [3.63, 3.8) is 0 Å². The topological polar surface area (TPSA) is 79.4 Å². The molecular weight excluding hydrogens is 386 g/mol. The van der Waals surface area contributed by atoms with Crippen molar-refractivity contribution in [2.45, 2.75) is 38.1 Å². The van der Waals surface area contributed by atoms with E-state index in [0.29, 0.717) is 27.3 Å². The molecule has 0 saturated heterocycles. The minimum Gasteiger partial charge on any atom is -0.349 e. The lowest BCUT2D eigenvalue weighted by Gasteiger charge is -2.22. The van der Waals surface area contributed by atoms with Gasteiger partial charge >= 0.3 is 0 Å². The quantitative estimate of drug-likeness (QED) is 0.664. The van der Waals surface area contributed by atoms with Crippen molar-refractivity contribution >= 4 is 44.4 Å². The van der Waals surface area contributed by atoms with Crippen LogP contribution in [0.3, 0.4) is 0 Å². The van der Waals surface area contributed by atoms with Gasteiger partial charge in [0, 0.05) is 11.6 Å². The molecule has 6 nitrogen and oxygen atoms in total. The Kier molecular flexibility index (Phi) is 4.39. The van der Waals surface area contributed by atoms with Crippen LogP contribution in [-0.4, -0.2) is 28.7 Å². The number of hydrogen-bond acceptors (Lipinski definition) is 5. The highest BCUT2D eigenvalue weighted by Crippen LogP contribution is 2.34. The molecule has 146 valence electrons. The van der Waals surface area contributed by atoms with E-state index in [1.807, 2.05) is 0 Å². The van der Waals surface area contributed by atoms with Gasteiger partial charge in [0.1, 0.15) is 0 Å². The van der Waals surface area contributed by atoms with E-state index < -0.39 is 0 Å². The summed E-state index contributed by atoms with van der Waals surface area (Å²) in [6, 6.07) is 12.3. The Morgan fingerprint density at radius 3 is 2.38 bits per heavy atom. The third-order valence-electron chi connectivity index (χ3n) is 5.57. The molecule has 1 fully saturated rings. The van der Waals surface area contributed by atoms with Crippen LogP contribution in [0.25, 0.3) is 10.2 Å². The molecule has 1 aliphatic carbocycles. The number of rotatable bonds is 3. The van der Waals surface area contributed by atoms with Gasteiger partial charge in [0.2, 0.25) is 5.13 Å². The lowest BCUT2D eigenvalue weighted by atomic mass is 9.95. The fraction of sp³-hybridized carbons (Fsp3) is 0.273. The van der Waals surface area contributed by atoms with Crippen molar-refractivity contribution < 1.29 is 14.4 Å². The van der Waals surface area contributed by atoms with Crippen LogP contribution in [0.15, 0.2) is 42.5 Å². The number of fused-ring (bicyclic) bond motifs is 2.